The van der Waals surface area contributed by atoms with Crippen molar-refractivity contribution < 1.29 is 0 Å². The number of fused-ring (bicyclic) bond motifs is 1. The highest BCUT2D eigenvalue weighted by Crippen LogP contribution is 2.21. The van der Waals surface area contributed by atoms with E-state index in [0.29, 0.717) is 5.11 Å². The molecule has 3 rings (SSSR count). The Kier molecular flexibility index (Phi) is 4.42. The third kappa shape index (κ3) is 3.77. The summed E-state index contributed by atoms with van der Waals surface area (Å²) in [4.78, 5) is 4.01. The largest absolute Gasteiger partial charge is 0.362 e. The van der Waals surface area contributed by atoms with E-state index >= 15 is 0 Å². The molecule has 2 aromatic heterocycles. The minimum absolute atomic E-state index is 0.642. The van der Waals surface area contributed by atoms with Gasteiger partial charge in [0.1, 0.15) is 0 Å². The number of aryl methyl sites for hydroxylation is 1. The number of benzene rings is 1. The van der Waals surface area contributed by atoms with E-state index in [4.69, 9.17) is 12.2 Å². The third-order valence-electron chi connectivity index (χ3n) is 3.05. The van der Waals surface area contributed by atoms with E-state index in [-0.39, 0.29) is 0 Å². The minimum Gasteiger partial charge on any atom is -0.362 e. The molecule has 108 valence electrons. The molecule has 2 heterocycles. The first-order valence-corrected chi connectivity index (χ1v) is 7.84. The maximum Gasteiger partial charge on any atom is 0.170 e. The monoisotopic (exact) mass is 317 g/mol. The van der Waals surface area contributed by atoms with Crippen molar-refractivity contribution in [3.8, 4) is 0 Å². The Morgan fingerprint density at radius 1 is 1.38 bits per heavy atom. The summed E-state index contributed by atoms with van der Waals surface area (Å²) in [6, 6.07) is 6.12. The second-order valence-corrected chi connectivity index (χ2v) is 5.85. The molecule has 0 saturated carbocycles. The maximum absolute atomic E-state index is 5.30. The van der Waals surface area contributed by atoms with Gasteiger partial charge >= 0.3 is 0 Å². The molecular formula is C14H15N5S2. The van der Waals surface area contributed by atoms with Crippen LogP contribution in [0.1, 0.15) is 6.42 Å². The highest BCUT2D eigenvalue weighted by Gasteiger charge is 2.01. The smallest absolute Gasteiger partial charge is 0.170 e. The molecule has 0 bridgehead atoms. The Labute approximate surface area is 132 Å². The summed E-state index contributed by atoms with van der Waals surface area (Å²) >= 11 is 6.79. The zero-order valence-corrected chi connectivity index (χ0v) is 13.0. The van der Waals surface area contributed by atoms with E-state index in [1.165, 1.54) is 16.2 Å². The lowest BCUT2D eigenvalue weighted by Gasteiger charge is -2.10. The van der Waals surface area contributed by atoms with Crippen LogP contribution in [-0.4, -0.2) is 25.6 Å². The van der Waals surface area contributed by atoms with E-state index in [9.17, 15) is 0 Å². The summed E-state index contributed by atoms with van der Waals surface area (Å²) in [5, 5.41) is 8.18. The van der Waals surface area contributed by atoms with Crippen molar-refractivity contribution in [3.05, 3.63) is 43.1 Å². The van der Waals surface area contributed by atoms with E-state index in [1.54, 1.807) is 6.20 Å². The average Bonchev–Trinajstić information content (AvgIpc) is 3.14. The highest BCUT2D eigenvalue weighted by atomic mass is 32.1. The molecule has 0 saturated heterocycles. The minimum atomic E-state index is 0.642. The molecule has 0 unspecified atom stereocenters. The van der Waals surface area contributed by atoms with E-state index < -0.39 is 0 Å². The summed E-state index contributed by atoms with van der Waals surface area (Å²) in [5.41, 5.74) is 0.981. The highest BCUT2D eigenvalue weighted by molar-refractivity contribution is 7.80. The lowest BCUT2D eigenvalue weighted by atomic mass is 10.2. The molecule has 0 fully saturated rings. The van der Waals surface area contributed by atoms with Gasteiger partial charge in [0.15, 0.2) is 5.11 Å². The number of anilines is 1. The lowest BCUT2D eigenvalue weighted by Crippen LogP contribution is -2.29. The molecule has 0 radical (unpaired) electrons. The normalized spacial score (nSPS) is 10.7. The van der Waals surface area contributed by atoms with Gasteiger partial charge in [-0.2, -0.15) is 4.37 Å². The van der Waals surface area contributed by atoms with Crippen LogP contribution in [0.2, 0.25) is 0 Å². The molecule has 21 heavy (non-hydrogen) atoms. The lowest BCUT2D eigenvalue weighted by molar-refractivity contribution is 0.632. The quantitative estimate of drug-likeness (QED) is 0.560. The van der Waals surface area contributed by atoms with Crippen LogP contribution in [-0.2, 0) is 6.54 Å². The Balaban J connectivity index is 1.45. The number of thiocarbonyl (C=S) groups is 1. The molecule has 0 aliphatic rings. The fraction of sp³-hybridized carbons (Fsp3) is 0.214. The van der Waals surface area contributed by atoms with Gasteiger partial charge < -0.3 is 15.2 Å². The standard InChI is InChI=1S/C14H15N5S2/c20-14(16-4-1-6-19-7-5-15-10-19)18-12-2-3-13-11(8-12)9-17-21-13/h2-3,5,7-10H,1,4,6H2,(H2,16,18,20). The van der Waals surface area contributed by atoms with Crippen LogP contribution in [0.3, 0.4) is 0 Å². The number of hydrogen-bond donors (Lipinski definition) is 2. The van der Waals surface area contributed by atoms with Gasteiger partial charge in [0.25, 0.3) is 0 Å². The van der Waals surface area contributed by atoms with Crippen molar-refractivity contribution in [3.63, 3.8) is 0 Å². The van der Waals surface area contributed by atoms with Crippen molar-refractivity contribution in [2.24, 2.45) is 0 Å². The zero-order chi connectivity index (χ0) is 14.5. The van der Waals surface area contributed by atoms with Crippen molar-refractivity contribution in [2.45, 2.75) is 13.0 Å². The van der Waals surface area contributed by atoms with Gasteiger partial charge in [0, 0.05) is 42.8 Å². The fourth-order valence-corrected chi connectivity index (χ4v) is 2.85. The summed E-state index contributed by atoms with van der Waals surface area (Å²) in [7, 11) is 0. The summed E-state index contributed by atoms with van der Waals surface area (Å²) < 4.78 is 7.40. The molecule has 0 spiro atoms. The van der Waals surface area contributed by atoms with Crippen LogP contribution in [0.15, 0.2) is 43.1 Å². The molecule has 2 N–H and O–H groups in total. The molecule has 0 atom stereocenters. The average molecular weight is 317 g/mol. The Bertz CT molecular complexity index is 720. The van der Waals surface area contributed by atoms with Crippen LogP contribution in [0, 0.1) is 0 Å². The van der Waals surface area contributed by atoms with Gasteiger partial charge in [-0.1, -0.05) is 0 Å². The first-order valence-electron chi connectivity index (χ1n) is 6.66. The Hall–Kier alpha value is -1.99. The molecule has 0 aliphatic heterocycles. The van der Waals surface area contributed by atoms with E-state index in [2.05, 4.69) is 36.7 Å². The summed E-state index contributed by atoms with van der Waals surface area (Å²) in [5.74, 6) is 0. The van der Waals surface area contributed by atoms with Crippen molar-refractivity contribution in [1.82, 2.24) is 19.2 Å². The predicted molar refractivity (Wildman–Crippen MR) is 90.7 cm³/mol. The number of nitrogens with zero attached hydrogens (tertiary/aromatic N) is 3. The molecule has 1 aromatic carbocycles. The predicted octanol–water partition coefficient (Wildman–Crippen LogP) is 2.87. The van der Waals surface area contributed by atoms with Crippen molar-refractivity contribution in [2.75, 3.05) is 11.9 Å². The van der Waals surface area contributed by atoms with Crippen LogP contribution >= 0.6 is 23.8 Å². The first-order chi connectivity index (χ1) is 10.3. The van der Waals surface area contributed by atoms with Crippen LogP contribution < -0.4 is 10.6 Å². The topological polar surface area (TPSA) is 54.8 Å². The van der Waals surface area contributed by atoms with Gasteiger partial charge in [0.05, 0.1) is 11.0 Å². The molecule has 0 aliphatic carbocycles. The van der Waals surface area contributed by atoms with E-state index in [0.717, 1.165) is 30.6 Å². The number of nitrogens with one attached hydrogen (secondary N) is 2. The summed E-state index contributed by atoms with van der Waals surface area (Å²) in [6.07, 6.45) is 8.43. The van der Waals surface area contributed by atoms with E-state index in [1.807, 2.05) is 24.8 Å². The zero-order valence-electron chi connectivity index (χ0n) is 11.3. The Morgan fingerprint density at radius 2 is 2.33 bits per heavy atom. The second kappa shape index (κ2) is 6.64. The van der Waals surface area contributed by atoms with Crippen LogP contribution in [0.5, 0.6) is 0 Å². The number of rotatable bonds is 5. The van der Waals surface area contributed by atoms with Gasteiger partial charge in [-0.3, -0.25) is 0 Å². The van der Waals surface area contributed by atoms with Gasteiger partial charge in [-0.05, 0) is 48.4 Å². The number of hydrogen-bond acceptors (Lipinski definition) is 4. The van der Waals surface area contributed by atoms with Crippen molar-refractivity contribution >= 4 is 44.6 Å². The van der Waals surface area contributed by atoms with Crippen molar-refractivity contribution in [1.29, 1.82) is 0 Å². The molecule has 0 amide bonds. The molecular weight excluding hydrogens is 302 g/mol. The van der Waals surface area contributed by atoms with Crippen LogP contribution in [0.25, 0.3) is 10.1 Å². The first kappa shape index (κ1) is 14.0. The van der Waals surface area contributed by atoms with Crippen LogP contribution in [0.4, 0.5) is 5.69 Å². The maximum atomic E-state index is 5.30. The third-order valence-corrected chi connectivity index (χ3v) is 4.07. The van der Waals surface area contributed by atoms with Gasteiger partial charge in [0.2, 0.25) is 0 Å². The number of imidazole rings is 1. The molecule has 3 aromatic rings. The summed E-state index contributed by atoms with van der Waals surface area (Å²) in [6.45, 7) is 1.76. The fourth-order valence-electron chi connectivity index (χ4n) is 2.01. The SMILES string of the molecule is S=C(NCCCn1ccnc1)Nc1ccc2sncc2c1. The number of aromatic nitrogens is 3. The molecule has 5 nitrogen and oxygen atoms in total. The molecule has 7 heteroatoms. The Morgan fingerprint density at radius 3 is 3.19 bits per heavy atom. The second-order valence-electron chi connectivity index (χ2n) is 4.61. The van der Waals surface area contributed by atoms with Gasteiger partial charge in [-0.25, -0.2) is 4.98 Å². The van der Waals surface area contributed by atoms with Gasteiger partial charge in [-0.15, -0.1) is 0 Å².